The second-order valence-corrected chi connectivity index (χ2v) is 2.15. The van der Waals surface area contributed by atoms with Crippen LogP contribution in [0.2, 0.25) is 0 Å². The lowest BCUT2D eigenvalue weighted by molar-refractivity contribution is -0.142. The van der Waals surface area contributed by atoms with Crippen LogP contribution < -0.4 is 0 Å². The van der Waals surface area contributed by atoms with E-state index in [9.17, 15) is 4.79 Å². The van der Waals surface area contributed by atoms with Gasteiger partial charge in [0.05, 0.1) is 0 Å². The lowest BCUT2D eigenvalue weighted by Gasteiger charge is -2.06. The van der Waals surface area contributed by atoms with Crippen molar-refractivity contribution in [1.29, 1.82) is 0 Å². The molecule has 11 heavy (non-hydrogen) atoms. The zero-order valence-corrected chi connectivity index (χ0v) is 7.04. The average molecular weight is 154 g/mol. The molecule has 0 saturated carbocycles. The molecular weight excluding hydrogens is 140 g/mol. The molecule has 0 aliphatic rings. The maximum absolute atomic E-state index is 10.5. The van der Waals surface area contributed by atoms with E-state index >= 15 is 0 Å². The van der Waals surface area contributed by atoms with Crippen LogP contribution in [0.1, 0.15) is 20.3 Å². The van der Waals surface area contributed by atoms with Crippen LogP contribution in [0, 0.1) is 0 Å². The highest BCUT2D eigenvalue weighted by molar-refractivity contribution is 5.66. The van der Waals surface area contributed by atoms with E-state index in [-0.39, 0.29) is 12.1 Å². The second kappa shape index (κ2) is 5.71. The predicted molar refractivity (Wildman–Crippen MR) is 45.2 cm³/mol. The van der Waals surface area contributed by atoms with Crippen molar-refractivity contribution < 1.29 is 9.53 Å². The minimum Gasteiger partial charge on any atom is -0.454 e. The quantitative estimate of drug-likeness (QED) is 0.457. The molecule has 0 aliphatic heterocycles. The average Bonchev–Trinajstić information content (AvgIpc) is 1.97. The Labute approximate surface area is 67.6 Å². The van der Waals surface area contributed by atoms with Crippen LogP contribution >= 0.6 is 0 Å². The predicted octanol–water partition coefficient (Wildman–Crippen LogP) is 2.07. The number of ether oxygens (including phenoxy) is 1. The van der Waals surface area contributed by atoms with Gasteiger partial charge in [0.1, 0.15) is 6.10 Å². The molecular formula is C9H14O2. The summed E-state index contributed by atoms with van der Waals surface area (Å²) in [6, 6.07) is 0. The van der Waals surface area contributed by atoms with E-state index in [1.807, 2.05) is 19.1 Å². The molecule has 0 spiro atoms. The fourth-order valence-corrected chi connectivity index (χ4v) is 0.628. The van der Waals surface area contributed by atoms with Crippen molar-refractivity contribution >= 4 is 5.97 Å². The highest BCUT2D eigenvalue weighted by Crippen LogP contribution is 1.97. The van der Waals surface area contributed by atoms with E-state index in [0.717, 1.165) is 6.42 Å². The lowest BCUT2D eigenvalue weighted by Crippen LogP contribution is -2.09. The number of esters is 1. The van der Waals surface area contributed by atoms with Crippen LogP contribution in [0.5, 0.6) is 0 Å². The van der Waals surface area contributed by atoms with E-state index in [2.05, 4.69) is 6.58 Å². The summed E-state index contributed by atoms with van der Waals surface area (Å²) in [7, 11) is 0. The zero-order valence-electron chi connectivity index (χ0n) is 7.04. The van der Waals surface area contributed by atoms with Gasteiger partial charge in [-0.25, -0.2) is 0 Å². The van der Waals surface area contributed by atoms with Crippen LogP contribution in [0.15, 0.2) is 24.8 Å². The first-order chi connectivity index (χ1) is 5.20. The first-order valence-corrected chi connectivity index (χ1v) is 3.67. The molecule has 0 radical (unpaired) electrons. The highest BCUT2D eigenvalue weighted by atomic mass is 16.5. The van der Waals surface area contributed by atoms with Gasteiger partial charge in [-0.1, -0.05) is 19.6 Å². The Morgan fingerprint density at radius 2 is 2.36 bits per heavy atom. The molecule has 0 saturated heterocycles. The number of carbonyl (C=O) groups excluding carboxylic acids is 1. The molecule has 0 bridgehead atoms. The Morgan fingerprint density at radius 1 is 1.73 bits per heavy atom. The number of rotatable bonds is 4. The largest absolute Gasteiger partial charge is 0.454 e. The van der Waals surface area contributed by atoms with Gasteiger partial charge in [-0.3, -0.25) is 4.79 Å². The van der Waals surface area contributed by atoms with Crippen LogP contribution in [0.25, 0.3) is 0 Å². The summed E-state index contributed by atoms with van der Waals surface area (Å²) < 4.78 is 4.86. The smallest absolute Gasteiger partial charge is 0.303 e. The van der Waals surface area contributed by atoms with Gasteiger partial charge in [-0.05, 0) is 18.6 Å². The number of carbonyl (C=O) groups is 1. The van der Waals surface area contributed by atoms with Gasteiger partial charge in [0, 0.05) is 6.92 Å². The third-order valence-electron chi connectivity index (χ3n) is 1.10. The van der Waals surface area contributed by atoms with Crippen LogP contribution in [-0.4, -0.2) is 12.1 Å². The van der Waals surface area contributed by atoms with E-state index in [4.69, 9.17) is 4.74 Å². The molecule has 0 aromatic rings. The molecule has 2 heteroatoms. The number of allylic oxidation sites excluding steroid dienone is 1. The molecule has 0 amide bonds. The van der Waals surface area contributed by atoms with Gasteiger partial charge >= 0.3 is 5.97 Å². The molecule has 62 valence electrons. The Bertz CT molecular complexity index is 159. The van der Waals surface area contributed by atoms with Crippen LogP contribution in [0.4, 0.5) is 0 Å². The third-order valence-corrected chi connectivity index (χ3v) is 1.10. The normalized spacial score (nSPS) is 12.9. The monoisotopic (exact) mass is 154 g/mol. The van der Waals surface area contributed by atoms with Crippen molar-refractivity contribution in [3.8, 4) is 0 Å². The minimum absolute atomic E-state index is 0.271. The SMILES string of the molecule is C=CC(C=CCC)OC(C)=O. The van der Waals surface area contributed by atoms with E-state index < -0.39 is 0 Å². The molecule has 1 atom stereocenters. The molecule has 2 nitrogen and oxygen atoms in total. The van der Waals surface area contributed by atoms with Crippen LogP contribution in [0.3, 0.4) is 0 Å². The maximum Gasteiger partial charge on any atom is 0.303 e. The van der Waals surface area contributed by atoms with Crippen molar-refractivity contribution in [2.75, 3.05) is 0 Å². The molecule has 0 aromatic heterocycles. The molecule has 0 N–H and O–H groups in total. The number of hydrogen-bond acceptors (Lipinski definition) is 2. The third kappa shape index (κ3) is 5.40. The summed E-state index contributed by atoms with van der Waals surface area (Å²) in [5.74, 6) is -0.282. The van der Waals surface area contributed by atoms with Crippen LogP contribution in [-0.2, 0) is 9.53 Å². The van der Waals surface area contributed by atoms with Crippen molar-refractivity contribution in [2.24, 2.45) is 0 Å². The summed E-state index contributed by atoms with van der Waals surface area (Å²) in [5.41, 5.74) is 0. The Balaban J connectivity index is 3.85. The Hall–Kier alpha value is -1.05. The first-order valence-electron chi connectivity index (χ1n) is 3.67. The van der Waals surface area contributed by atoms with E-state index in [1.165, 1.54) is 6.92 Å². The van der Waals surface area contributed by atoms with Gasteiger partial charge in [0.2, 0.25) is 0 Å². The molecule has 0 rings (SSSR count). The molecule has 0 aromatic carbocycles. The maximum atomic E-state index is 10.5. The fourth-order valence-electron chi connectivity index (χ4n) is 0.628. The zero-order chi connectivity index (χ0) is 8.69. The highest BCUT2D eigenvalue weighted by Gasteiger charge is 2.00. The number of hydrogen-bond donors (Lipinski definition) is 0. The Kier molecular flexibility index (Phi) is 5.17. The summed E-state index contributed by atoms with van der Waals surface area (Å²) >= 11 is 0. The second-order valence-electron chi connectivity index (χ2n) is 2.15. The molecule has 0 heterocycles. The van der Waals surface area contributed by atoms with E-state index in [1.54, 1.807) is 6.08 Å². The molecule has 1 unspecified atom stereocenters. The fraction of sp³-hybridized carbons (Fsp3) is 0.444. The lowest BCUT2D eigenvalue weighted by atomic mass is 10.3. The van der Waals surface area contributed by atoms with Crippen molar-refractivity contribution in [3.05, 3.63) is 24.8 Å². The van der Waals surface area contributed by atoms with Gasteiger partial charge < -0.3 is 4.74 Å². The van der Waals surface area contributed by atoms with Crippen molar-refractivity contribution in [3.63, 3.8) is 0 Å². The van der Waals surface area contributed by atoms with Gasteiger partial charge in [0.25, 0.3) is 0 Å². The summed E-state index contributed by atoms with van der Waals surface area (Å²) in [6.07, 6.45) is 6.01. The summed E-state index contributed by atoms with van der Waals surface area (Å²) in [6.45, 7) is 6.94. The minimum atomic E-state index is -0.282. The molecule has 0 fully saturated rings. The molecule has 0 aliphatic carbocycles. The Morgan fingerprint density at radius 3 is 2.73 bits per heavy atom. The van der Waals surface area contributed by atoms with Crippen molar-refractivity contribution in [2.45, 2.75) is 26.4 Å². The first kappa shape index (κ1) is 9.95. The topological polar surface area (TPSA) is 26.3 Å². The van der Waals surface area contributed by atoms with E-state index in [0.29, 0.717) is 0 Å². The van der Waals surface area contributed by atoms with Gasteiger partial charge in [-0.15, -0.1) is 0 Å². The van der Waals surface area contributed by atoms with Crippen molar-refractivity contribution in [1.82, 2.24) is 0 Å². The standard InChI is InChI=1S/C9H14O2/c1-4-6-7-9(5-2)11-8(3)10/h5-7,9H,2,4H2,1,3H3. The summed E-state index contributed by atoms with van der Waals surface area (Å²) in [4.78, 5) is 10.5. The summed E-state index contributed by atoms with van der Waals surface area (Å²) in [5, 5.41) is 0. The van der Waals surface area contributed by atoms with Gasteiger partial charge in [-0.2, -0.15) is 0 Å². The van der Waals surface area contributed by atoms with Gasteiger partial charge in [0.15, 0.2) is 0 Å².